The number of benzene rings is 3. The Hall–Kier alpha value is -4.70. The second-order valence-electron chi connectivity index (χ2n) is 11.3. The molecule has 3 aromatic carbocycles. The summed E-state index contributed by atoms with van der Waals surface area (Å²) in [5.41, 5.74) is 2.41. The summed E-state index contributed by atoms with van der Waals surface area (Å²) >= 11 is 0. The van der Waals surface area contributed by atoms with Crippen LogP contribution in [-0.4, -0.2) is 48.1 Å². The van der Waals surface area contributed by atoms with Gasteiger partial charge in [0.15, 0.2) is 5.78 Å². The summed E-state index contributed by atoms with van der Waals surface area (Å²) < 4.78 is 35.9. The van der Waals surface area contributed by atoms with Crippen LogP contribution in [0.3, 0.4) is 0 Å². The van der Waals surface area contributed by atoms with Gasteiger partial charge in [0.05, 0.1) is 12.6 Å². The minimum atomic E-state index is -3.83. The van der Waals surface area contributed by atoms with Crippen LogP contribution in [-0.2, 0) is 33.9 Å². The van der Waals surface area contributed by atoms with E-state index in [1.54, 1.807) is 98.8 Å². The van der Waals surface area contributed by atoms with Crippen LogP contribution in [0, 0.1) is 5.92 Å². The highest BCUT2D eigenvalue weighted by atomic mass is 19.3. The molecule has 0 aliphatic heterocycles. The number of alkyl carbamates (subject to hydrolysis) is 1. The first kappa shape index (κ1) is 35.8. The van der Waals surface area contributed by atoms with E-state index >= 15 is 8.78 Å². The Morgan fingerprint density at radius 1 is 0.848 bits per heavy atom. The van der Waals surface area contributed by atoms with E-state index in [0.717, 1.165) is 11.1 Å². The van der Waals surface area contributed by atoms with Gasteiger partial charge in [0.2, 0.25) is 11.7 Å². The Morgan fingerprint density at radius 2 is 1.46 bits per heavy atom. The third-order valence-corrected chi connectivity index (χ3v) is 7.24. The molecule has 3 N–H and O–H groups in total. The van der Waals surface area contributed by atoms with Crippen LogP contribution < -0.4 is 16.0 Å². The van der Waals surface area contributed by atoms with Crippen molar-refractivity contribution in [2.45, 2.75) is 64.3 Å². The van der Waals surface area contributed by atoms with E-state index in [4.69, 9.17) is 4.74 Å². The van der Waals surface area contributed by atoms with Gasteiger partial charge in [-0.3, -0.25) is 14.4 Å². The first-order valence-corrected chi connectivity index (χ1v) is 15.2. The minimum absolute atomic E-state index is 0.0332. The zero-order chi connectivity index (χ0) is 33.5. The van der Waals surface area contributed by atoms with Crippen molar-refractivity contribution in [1.82, 2.24) is 16.0 Å². The van der Waals surface area contributed by atoms with Gasteiger partial charge in [-0.15, -0.1) is 6.58 Å². The molecule has 46 heavy (non-hydrogen) atoms. The smallest absolute Gasteiger partial charge is 0.408 e. The predicted molar refractivity (Wildman–Crippen MR) is 172 cm³/mol. The summed E-state index contributed by atoms with van der Waals surface area (Å²) in [4.78, 5) is 51.7. The Labute approximate surface area is 268 Å². The molecule has 2 amide bonds. The van der Waals surface area contributed by atoms with Crippen molar-refractivity contribution in [3.05, 3.63) is 120 Å². The van der Waals surface area contributed by atoms with Gasteiger partial charge in [0.1, 0.15) is 12.6 Å². The van der Waals surface area contributed by atoms with E-state index in [1.165, 1.54) is 0 Å². The molecule has 2 atom stereocenters. The number of carbonyl (C=O) groups is 4. The van der Waals surface area contributed by atoms with Crippen molar-refractivity contribution in [3.8, 4) is 0 Å². The highest BCUT2D eigenvalue weighted by Crippen LogP contribution is 2.20. The van der Waals surface area contributed by atoms with Crippen molar-refractivity contribution >= 4 is 23.6 Å². The summed E-state index contributed by atoms with van der Waals surface area (Å²) in [6, 6.07) is 21.3. The number of halogens is 2. The van der Waals surface area contributed by atoms with Crippen LogP contribution in [0.5, 0.6) is 0 Å². The number of Topliss-reactive ketones (excluding diaryl/α,β-unsaturated/α-hetero) is 2. The SMILES string of the molecule is C=CCCC(=O)c1ccc(CC(NC(=O)[C@@H](NC(=O)OCc2ccccc2)C(C)C)C(=O)C(F)(F)CNCc2ccccc2)cc1. The normalized spacial score (nSPS) is 12.5. The van der Waals surface area contributed by atoms with Crippen LogP contribution in [0.25, 0.3) is 0 Å². The highest BCUT2D eigenvalue weighted by molar-refractivity contribution is 5.97. The molecule has 8 nitrogen and oxygen atoms in total. The Bertz CT molecular complexity index is 1450. The van der Waals surface area contributed by atoms with Gasteiger partial charge >= 0.3 is 12.0 Å². The van der Waals surface area contributed by atoms with Crippen molar-refractivity contribution in [2.75, 3.05) is 6.54 Å². The maximum atomic E-state index is 15.3. The zero-order valence-corrected chi connectivity index (χ0v) is 26.1. The maximum Gasteiger partial charge on any atom is 0.408 e. The monoisotopic (exact) mass is 633 g/mol. The van der Waals surface area contributed by atoms with E-state index in [0.29, 0.717) is 17.5 Å². The Balaban J connectivity index is 1.75. The number of rotatable bonds is 18. The number of hydrogen-bond acceptors (Lipinski definition) is 6. The Kier molecular flexibility index (Phi) is 13.8. The first-order valence-electron chi connectivity index (χ1n) is 15.2. The van der Waals surface area contributed by atoms with Gasteiger partial charge in [0, 0.05) is 18.5 Å². The second kappa shape index (κ2) is 17.7. The molecule has 0 aliphatic carbocycles. The average molecular weight is 634 g/mol. The van der Waals surface area contributed by atoms with Crippen molar-refractivity contribution in [2.24, 2.45) is 5.92 Å². The van der Waals surface area contributed by atoms with Crippen molar-refractivity contribution < 1.29 is 32.7 Å². The van der Waals surface area contributed by atoms with Crippen LogP contribution in [0.2, 0.25) is 0 Å². The Morgan fingerprint density at radius 3 is 2.04 bits per heavy atom. The number of ether oxygens (including phenoxy) is 1. The number of amides is 2. The lowest BCUT2D eigenvalue weighted by molar-refractivity contribution is -0.146. The molecule has 0 saturated heterocycles. The molecule has 3 rings (SSSR count). The van der Waals surface area contributed by atoms with Crippen LogP contribution >= 0.6 is 0 Å². The summed E-state index contributed by atoms with van der Waals surface area (Å²) in [6.45, 7) is 6.09. The van der Waals surface area contributed by atoms with E-state index in [1.807, 2.05) is 6.07 Å². The largest absolute Gasteiger partial charge is 0.445 e. The molecule has 0 radical (unpaired) electrons. The van der Waals surface area contributed by atoms with E-state index in [2.05, 4.69) is 22.5 Å². The van der Waals surface area contributed by atoms with Gasteiger partial charge in [-0.25, -0.2) is 4.79 Å². The molecule has 10 heteroatoms. The minimum Gasteiger partial charge on any atom is -0.445 e. The molecule has 0 bridgehead atoms. The molecule has 0 saturated carbocycles. The quantitative estimate of drug-likeness (QED) is 0.120. The molecule has 0 spiro atoms. The number of nitrogens with one attached hydrogen (secondary N) is 3. The molecule has 0 fully saturated rings. The molecule has 0 aliphatic rings. The molecular weight excluding hydrogens is 592 g/mol. The molecule has 3 aromatic rings. The number of allylic oxidation sites excluding steroid dienone is 1. The van der Waals surface area contributed by atoms with E-state index in [9.17, 15) is 19.2 Å². The number of hydrogen-bond donors (Lipinski definition) is 3. The standard InChI is InChI=1S/C36H41F2N3O5/c1-4-5-16-31(42)29-19-17-26(18-20-29)21-30(33(43)36(37,38)24-39-22-27-12-8-6-9-13-27)40-34(44)32(25(2)3)41-35(45)46-23-28-14-10-7-11-15-28/h4,6-15,17-20,25,30,32,39H,1,5,16,21-24H2,2-3H3,(H,40,44)(H,41,45)/t30?,32-/m0/s1. The van der Waals surface area contributed by atoms with E-state index < -0.39 is 48.3 Å². The van der Waals surface area contributed by atoms with E-state index in [-0.39, 0.29) is 31.8 Å². The third-order valence-electron chi connectivity index (χ3n) is 7.24. The molecule has 244 valence electrons. The van der Waals surface area contributed by atoms with Gasteiger partial charge in [0.25, 0.3) is 0 Å². The van der Waals surface area contributed by atoms with Crippen molar-refractivity contribution in [1.29, 1.82) is 0 Å². The van der Waals surface area contributed by atoms with Gasteiger partial charge in [-0.05, 0) is 35.4 Å². The number of alkyl halides is 2. The summed E-state index contributed by atoms with van der Waals surface area (Å²) in [7, 11) is 0. The fourth-order valence-corrected chi connectivity index (χ4v) is 4.64. The summed E-state index contributed by atoms with van der Waals surface area (Å²) in [5.74, 6) is -6.69. The van der Waals surface area contributed by atoms with Gasteiger partial charge in [-0.1, -0.05) is 105 Å². The summed E-state index contributed by atoms with van der Waals surface area (Å²) in [5, 5.41) is 7.58. The third kappa shape index (κ3) is 11.3. The lowest BCUT2D eigenvalue weighted by Gasteiger charge is -2.27. The number of ketones is 2. The van der Waals surface area contributed by atoms with Crippen LogP contribution in [0.15, 0.2) is 97.6 Å². The lowest BCUT2D eigenvalue weighted by atomic mass is 9.95. The lowest BCUT2D eigenvalue weighted by Crippen LogP contribution is -2.57. The average Bonchev–Trinajstić information content (AvgIpc) is 3.05. The van der Waals surface area contributed by atoms with Crippen molar-refractivity contribution in [3.63, 3.8) is 0 Å². The topological polar surface area (TPSA) is 114 Å². The van der Waals surface area contributed by atoms with Crippen LogP contribution in [0.4, 0.5) is 13.6 Å². The number of carbonyl (C=O) groups excluding carboxylic acids is 4. The highest BCUT2D eigenvalue weighted by Gasteiger charge is 2.44. The molecule has 0 aromatic heterocycles. The first-order chi connectivity index (χ1) is 22.0. The molecule has 0 heterocycles. The molecule has 1 unspecified atom stereocenters. The fourth-order valence-electron chi connectivity index (χ4n) is 4.64. The molecular formula is C36H41F2N3O5. The van der Waals surface area contributed by atoms with Crippen LogP contribution in [0.1, 0.15) is 53.7 Å². The summed E-state index contributed by atoms with van der Waals surface area (Å²) in [6.07, 6.45) is 1.31. The van der Waals surface area contributed by atoms with Gasteiger partial charge < -0.3 is 20.7 Å². The fraction of sp³-hybridized carbons (Fsp3) is 0.333. The maximum absolute atomic E-state index is 15.3. The second-order valence-corrected chi connectivity index (χ2v) is 11.3. The van der Waals surface area contributed by atoms with Gasteiger partial charge in [-0.2, -0.15) is 8.78 Å². The zero-order valence-electron chi connectivity index (χ0n) is 26.1. The predicted octanol–water partition coefficient (Wildman–Crippen LogP) is 5.81.